The standard InChI is InChI=1S/C17H18IN3O6S2/c18-10-3-1-2-9(4-10)15(24)20-6-14(23)27-8-21-13(22)5-12(16(21)25)29-17(26)11(19)7-28/h1-4,11-12,28H,5-8,19H2,(H,20,24)/t11-,12?/m0/s1. The molecule has 1 unspecified atom stereocenters. The summed E-state index contributed by atoms with van der Waals surface area (Å²) < 4.78 is 5.76. The first kappa shape index (κ1) is 23.6. The highest BCUT2D eigenvalue weighted by Gasteiger charge is 2.41. The average Bonchev–Trinajstić information content (AvgIpc) is 2.96. The number of carbonyl (C=O) groups excluding carboxylic acids is 5. The summed E-state index contributed by atoms with van der Waals surface area (Å²) in [4.78, 5) is 60.7. The van der Waals surface area contributed by atoms with Gasteiger partial charge in [-0.05, 0) is 40.8 Å². The summed E-state index contributed by atoms with van der Waals surface area (Å²) in [5.41, 5.74) is 5.94. The molecule has 0 bridgehead atoms. The van der Waals surface area contributed by atoms with Crippen LogP contribution >= 0.6 is 47.0 Å². The molecule has 0 aliphatic carbocycles. The molecular formula is C17H18IN3O6S2. The van der Waals surface area contributed by atoms with E-state index in [4.69, 9.17) is 10.5 Å². The van der Waals surface area contributed by atoms with Crippen LogP contribution in [0.15, 0.2) is 24.3 Å². The third-order valence-corrected chi connectivity index (χ3v) is 6.05. The molecule has 9 nitrogen and oxygen atoms in total. The second kappa shape index (κ2) is 10.9. The smallest absolute Gasteiger partial charge is 0.327 e. The van der Waals surface area contributed by atoms with Crippen molar-refractivity contribution in [2.45, 2.75) is 17.7 Å². The molecule has 1 aliphatic rings. The molecule has 1 fully saturated rings. The van der Waals surface area contributed by atoms with Crippen molar-refractivity contribution in [3.63, 3.8) is 0 Å². The lowest BCUT2D eigenvalue weighted by atomic mass is 10.2. The van der Waals surface area contributed by atoms with Gasteiger partial charge in [-0.15, -0.1) is 0 Å². The van der Waals surface area contributed by atoms with Crippen molar-refractivity contribution in [3.05, 3.63) is 33.4 Å². The summed E-state index contributed by atoms with van der Waals surface area (Å²) in [6.07, 6.45) is -0.185. The van der Waals surface area contributed by atoms with Gasteiger partial charge in [-0.1, -0.05) is 17.8 Å². The molecule has 0 spiro atoms. The molecule has 3 amide bonds. The van der Waals surface area contributed by atoms with E-state index in [1.807, 2.05) is 6.07 Å². The van der Waals surface area contributed by atoms with Crippen LogP contribution in [0.5, 0.6) is 0 Å². The fraction of sp³-hybridized carbons (Fsp3) is 0.353. The topological polar surface area (TPSA) is 136 Å². The Hall–Kier alpha value is -1.64. The van der Waals surface area contributed by atoms with E-state index in [-0.39, 0.29) is 12.2 Å². The quantitative estimate of drug-likeness (QED) is 0.180. The number of hydrogen-bond donors (Lipinski definition) is 3. The second-order valence-electron chi connectivity index (χ2n) is 5.92. The summed E-state index contributed by atoms with van der Waals surface area (Å²) in [7, 11) is 0. The predicted octanol–water partition coefficient (Wildman–Crippen LogP) is 0.166. The zero-order valence-corrected chi connectivity index (χ0v) is 18.9. The molecule has 2 atom stereocenters. The minimum atomic E-state index is -0.903. The number of thiol groups is 1. The van der Waals surface area contributed by atoms with Crippen LogP contribution in [0.4, 0.5) is 0 Å². The molecule has 0 aromatic heterocycles. The first-order chi connectivity index (χ1) is 13.7. The largest absolute Gasteiger partial charge is 0.442 e. The number of imide groups is 1. The first-order valence-corrected chi connectivity index (χ1v) is 10.9. The van der Waals surface area contributed by atoms with Gasteiger partial charge in [0.1, 0.15) is 11.8 Å². The summed E-state index contributed by atoms with van der Waals surface area (Å²) in [5, 5.41) is 1.06. The Labute approximate surface area is 190 Å². The SMILES string of the molecule is N[C@@H](CS)C(=O)SC1CC(=O)N(COC(=O)CNC(=O)c2cccc(I)c2)C1=O. The van der Waals surface area contributed by atoms with Gasteiger partial charge < -0.3 is 15.8 Å². The molecule has 1 saturated heterocycles. The van der Waals surface area contributed by atoms with Crippen LogP contribution in [0, 0.1) is 3.57 Å². The van der Waals surface area contributed by atoms with Crippen molar-refractivity contribution >= 4 is 75.8 Å². The third-order valence-electron chi connectivity index (χ3n) is 3.80. The maximum atomic E-state index is 12.3. The molecule has 29 heavy (non-hydrogen) atoms. The number of hydrogen-bond acceptors (Lipinski definition) is 9. The van der Waals surface area contributed by atoms with E-state index >= 15 is 0 Å². The van der Waals surface area contributed by atoms with E-state index in [9.17, 15) is 24.0 Å². The van der Waals surface area contributed by atoms with Crippen LogP contribution < -0.4 is 11.1 Å². The molecule has 1 heterocycles. The highest BCUT2D eigenvalue weighted by molar-refractivity contribution is 14.1. The molecule has 156 valence electrons. The highest BCUT2D eigenvalue weighted by atomic mass is 127. The summed E-state index contributed by atoms with van der Waals surface area (Å²) in [6, 6.07) is 5.95. The van der Waals surface area contributed by atoms with Crippen molar-refractivity contribution < 1.29 is 28.7 Å². The molecule has 3 N–H and O–H groups in total. The minimum Gasteiger partial charge on any atom is -0.442 e. The number of benzene rings is 1. The number of amides is 3. The van der Waals surface area contributed by atoms with Gasteiger partial charge in [-0.2, -0.15) is 12.6 Å². The van der Waals surface area contributed by atoms with Crippen molar-refractivity contribution in [3.8, 4) is 0 Å². The van der Waals surface area contributed by atoms with Crippen molar-refractivity contribution in [2.24, 2.45) is 5.73 Å². The van der Waals surface area contributed by atoms with Crippen LogP contribution in [-0.4, -0.2) is 64.0 Å². The number of nitrogens with zero attached hydrogens (tertiary/aromatic N) is 1. The normalized spacial score (nSPS) is 17.2. The Morgan fingerprint density at radius 1 is 1.38 bits per heavy atom. The number of ether oxygens (including phenoxy) is 1. The Bertz CT molecular complexity index is 837. The van der Waals surface area contributed by atoms with Gasteiger partial charge in [0, 0.05) is 21.3 Å². The molecule has 0 radical (unpaired) electrons. The predicted molar refractivity (Wildman–Crippen MR) is 117 cm³/mol. The number of rotatable bonds is 8. The van der Waals surface area contributed by atoms with Crippen LogP contribution in [0.3, 0.4) is 0 Å². The molecule has 12 heteroatoms. The summed E-state index contributed by atoms with van der Waals surface area (Å²) in [5.74, 6) is -2.33. The van der Waals surface area contributed by atoms with Gasteiger partial charge in [0.2, 0.25) is 16.9 Å². The van der Waals surface area contributed by atoms with E-state index < -0.39 is 53.4 Å². The Balaban J connectivity index is 1.80. The fourth-order valence-corrected chi connectivity index (χ4v) is 4.08. The first-order valence-electron chi connectivity index (χ1n) is 8.33. The summed E-state index contributed by atoms with van der Waals surface area (Å²) in [6.45, 7) is -1.01. The van der Waals surface area contributed by atoms with Crippen molar-refractivity contribution in [2.75, 3.05) is 19.0 Å². The summed E-state index contributed by atoms with van der Waals surface area (Å²) >= 11 is 6.66. The van der Waals surface area contributed by atoms with Crippen LogP contribution in [0.1, 0.15) is 16.8 Å². The van der Waals surface area contributed by atoms with E-state index in [1.165, 1.54) is 0 Å². The molecule has 0 saturated carbocycles. The number of carbonyl (C=O) groups is 5. The number of nitrogens with two attached hydrogens (primary N) is 1. The van der Waals surface area contributed by atoms with Gasteiger partial charge in [0.05, 0.1) is 6.04 Å². The Morgan fingerprint density at radius 3 is 2.76 bits per heavy atom. The Kier molecular flexibility index (Phi) is 8.92. The number of thioether (sulfide) groups is 1. The number of esters is 1. The van der Waals surface area contributed by atoms with Crippen molar-refractivity contribution in [1.29, 1.82) is 0 Å². The maximum absolute atomic E-state index is 12.3. The molecule has 1 aromatic carbocycles. The fourth-order valence-electron chi connectivity index (χ4n) is 2.25. The lowest BCUT2D eigenvalue weighted by molar-refractivity contribution is -0.154. The van der Waals surface area contributed by atoms with E-state index in [1.54, 1.807) is 18.2 Å². The van der Waals surface area contributed by atoms with Gasteiger partial charge in [0.25, 0.3) is 5.91 Å². The second-order valence-corrected chi connectivity index (χ2v) is 8.74. The highest BCUT2D eigenvalue weighted by Crippen LogP contribution is 2.26. The average molecular weight is 551 g/mol. The molecular weight excluding hydrogens is 533 g/mol. The van der Waals surface area contributed by atoms with Crippen LogP contribution in [0.2, 0.25) is 0 Å². The number of nitrogens with one attached hydrogen (secondary N) is 1. The molecule has 1 aromatic rings. The minimum absolute atomic E-state index is 0.121. The number of halogens is 1. The van der Waals surface area contributed by atoms with E-state index in [0.717, 1.165) is 8.47 Å². The van der Waals surface area contributed by atoms with Crippen molar-refractivity contribution in [1.82, 2.24) is 10.2 Å². The van der Waals surface area contributed by atoms with Gasteiger partial charge in [0.15, 0.2) is 6.73 Å². The van der Waals surface area contributed by atoms with Gasteiger partial charge in [-0.3, -0.25) is 24.0 Å². The van der Waals surface area contributed by atoms with Gasteiger partial charge in [-0.25, -0.2) is 4.90 Å². The van der Waals surface area contributed by atoms with Crippen LogP contribution in [0.25, 0.3) is 0 Å². The molecule has 2 rings (SSSR count). The monoisotopic (exact) mass is 551 g/mol. The lowest BCUT2D eigenvalue weighted by Crippen LogP contribution is -2.38. The van der Waals surface area contributed by atoms with E-state index in [0.29, 0.717) is 17.3 Å². The molecule has 1 aliphatic heterocycles. The lowest BCUT2D eigenvalue weighted by Gasteiger charge is -2.15. The maximum Gasteiger partial charge on any atom is 0.327 e. The Morgan fingerprint density at radius 2 is 2.10 bits per heavy atom. The van der Waals surface area contributed by atoms with Gasteiger partial charge >= 0.3 is 5.97 Å². The van der Waals surface area contributed by atoms with E-state index in [2.05, 4.69) is 40.5 Å². The zero-order valence-electron chi connectivity index (χ0n) is 15.0. The third kappa shape index (κ3) is 6.69. The zero-order chi connectivity index (χ0) is 21.6. The van der Waals surface area contributed by atoms with Crippen LogP contribution in [-0.2, 0) is 23.9 Å². The number of likely N-dealkylation sites (tertiary alicyclic amines) is 1.